The molecule has 2 heterocycles. The molecule has 2 nitrogen and oxygen atoms in total. The molecule has 0 aliphatic carbocycles. The Kier molecular flexibility index (Phi) is 5.46. The molecule has 2 unspecified atom stereocenters. The number of rotatable bonds is 6. The fourth-order valence-corrected chi connectivity index (χ4v) is 4.71. The molecular formula is C15H25BrN2S. The second-order valence-electron chi connectivity index (χ2n) is 5.68. The highest BCUT2D eigenvalue weighted by atomic mass is 79.9. The summed E-state index contributed by atoms with van der Waals surface area (Å²) in [6, 6.07) is 2.77. The predicted octanol–water partition coefficient (Wildman–Crippen LogP) is 3.91. The minimum Gasteiger partial charge on any atom is -0.315 e. The molecule has 1 fully saturated rings. The van der Waals surface area contributed by atoms with Crippen LogP contribution >= 0.6 is 27.3 Å². The highest BCUT2D eigenvalue weighted by Crippen LogP contribution is 2.31. The van der Waals surface area contributed by atoms with E-state index in [-0.39, 0.29) is 5.54 Å². The molecule has 1 aromatic heterocycles. The summed E-state index contributed by atoms with van der Waals surface area (Å²) in [6.45, 7) is 7.28. The summed E-state index contributed by atoms with van der Waals surface area (Å²) in [4.78, 5) is 4.15. The lowest BCUT2D eigenvalue weighted by Gasteiger charge is -2.44. The van der Waals surface area contributed by atoms with Crippen molar-refractivity contribution >= 4 is 27.3 Å². The van der Waals surface area contributed by atoms with Gasteiger partial charge in [-0.05, 0) is 74.7 Å². The van der Waals surface area contributed by atoms with E-state index in [9.17, 15) is 0 Å². The maximum absolute atomic E-state index is 3.58. The number of thiophene rings is 1. The molecule has 1 aliphatic rings. The molecule has 2 atom stereocenters. The van der Waals surface area contributed by atoms with Gasteiger partial charge < -0.3 is 5.32 Å². The fourth-order valence-electron chi connectivity index (χ4n) is 3.21. The van der Waals surface area contributed by atoms with Crippen molar-refractivity contribution in [2.75, 3.05) is 20.1 Å². The van der Waals surface area contributed by atoms with E-state index >= 15 is 0 Å². The third-order valence-electron chi connectivity index (χ3n) is 4.67. The molecule has 4 heteroatoms. The SMILES string of the molecule is CCC(C)(C(Cc1cc(Br)cs1)NC)N1CCCC1. The fraction of sp³-hybridized carbons (Fsp3) is 0.733. The highest BCUT2D eigenvalue weighted by molar-refractivity contribution is 9.10. The number of hydrogen-bond donors (Lipinski definition) is 1. The molecule has 1 N–H and O–H groups in total. The van der Waals surface area contributed by atoms with Gasteiger partial charge in [0.25, 0.3) is 0 Å². The van der Waals surface area contributed by atoms with Gasteiger partial charge in [0.05, 0.1) is 0 Å². The maximum Gasteiger partial charge on any atom is 0.0335 e. The van der Waals surface area contributed by atoms with Gasteiger partial charge in [0.2, 0.25) is 0 Å². The number of nitrogens with one attached hydrogen (secondary N) is 1. The molecule has 1 aromatic rings. The molecule has 0 bridgehead atoms. The minimum atomic E-state index is 0.266. The molecule has 2 rings (SSSR count). The first-order chi connectivity index (χ1) is 9.10. The van der Waals surface area contributed by atoms with Gasteiger partial charge in [0.15, 0.2) is 0 Å². The van der Waals surface area contributed by atoms with Crippen LogP contribution in [0.1, 0.15) is 38.0 Å². The second-order valence-corrected chi connectivity index (χ2v) is 7.59. The zero-order valence-corrected chi connectivity index (χ0v) is 14.6. The zero-order chi connectivity index (χ0) is 13.9. The quantitative estimate of drug-likeness (QED) is 0.841. The topological polar surface area (TPSA) is 15.3 Å². The smallest absolute Gasteiger partial charge is 0.0335 e. The first-order valence-electron chi connectivity index (χ1n) is 7.25. The van der Waals surface area contributed by atoms with Crippen LogP contribution < -0.4 is 5.32 Å². The average Bonchev–Trinajstić information content (AvgIpc) is 3.06. The van der Waals surface area contributed by atoms with Crippen LogP contribution in [0.5, 0.6) is 0 Å². The van der Waals surface area contributed by atoms with Gasteiger partial charge >= 0.3 is 0 Å². The molecule has 1 saturated heterocycles. The Bertz CT molecular complexity index is 401. The molecule has 0 saturated carbocycles. The number of hydrogen-bond acceptors (Lipinski definition) is 3. The van der Waals surface area contributed by atoms with Crippen molar-refractivity contribution in [1.82, 2.24) is 10.2 Å². The minimum absolute atomic E-state index is 0.266. The molecule has 108 valence electrons. The number of halogens is 1. The Morgan fingerprint density at radius 2 is 2.16 bits per heavy atom. The van der Waals surface area contributed by atoms with E-state index in [1.165, 1.54) is 41.7 Å². The summed E-state index contributed by atoms with van der Waals surface area (Å²) in [5, 5.41) is 5.76. The average molecular weight is 345 g/mol. The Hall–Kier alpha value is 0.1000. The highest BCUT2D eigenvalue weighted by Gasteiger charge is 2.38. The van der Waals surface area contributed by atoms with E-state index in [1.807, 2.05) is 11.3 Å². The van der Waals surface area contributed by atoms with E-state index in [1.54, 1.807) is 0 Å². The van der Waals surface area contributed by atoms with Crippen LogP contribution in [0.4, 0.5) is 0 Å². The molecule has 0 spiro atoms. The zero-order valence-electron chi connectivity index (χ0n) is 12.2. The van der Waals surface area contributed by atoms with Gasteiger partial charge in [-0.15, -0.1) is 11.3 Å². The van der Waals surface area contributed by atoms with Gasteiger partial charge in [-0.3, -0.25) is 4.90 Å². The summed E-state index contributed by atoms with van der Waals surface area (Å²) in [7, 11) is 2.11. The lowest BCUT2D eigenvalue weighted by molar-refractivity contribution is 0.0876. The summed E-state index contributed by atoms with van der Waals surface area (Å²) in [5.41, 5.74) is 0.266. The van der Waals surface area contributed by atoms with Crippen molar-refractivity contribution < 1.29 is 0 Å². The summed E-state index contributed by atoms with van der Waals surface area (Å²) >= 11 is 5.41. The van der Waals surface area contributed by atoms with Crippen LogP contribution in [0.3, 0.4) is 0 Å². The van der Waals surface area contributed by atoms with Crippen molar-refractivity contribution in [3.8, 4) is 0 Å². The molecule has 0 amide bonds. The van der Waals surface area contributed by atoms with E-state index in [0.717, 1.165) is 6.42 Å². The number of likely N-dealkylation sites (tertiary alicyclic amines) is 1. The van der Waals surface area contributed by atoms with Crippen molar-refractivity contribution in [3.05, 3.63) is 20.8 Å². The van der Waals surface area contributed by atoms with Gasteiger partial charge in [-0.2, -0.15) is 0 Å². The molecular weight excluding hydrogens is 320 g/mol. The Balaban J connectivity index is 2.13. The van der Waals surface area contributed by atoms with Crippen LogP contribution in [0.25, 0.3) is 0 Å². The van der Waals surface area contributed by atoms with Crippen LogP contribution in [-0.4, -0.2) is 36.6 Å². The third-order valence-corrected chi connectivity index (χ3v) is 6.39. The first kappa shape index (κ1) is 15.5. The van der Waals surface area contributed by atoms with Crippen LogP contribution in [-0.2, 0) is 6.42 Å². The van der Waals surface area contributed by atoms with Crippen molar-refractivity contribution in [2.24, 2.45) is 0 Å². The first-order valence-corrected chi connectivity index (χ1v) is 8.92. The van der Waals surface area contributed by atoms with Gasteiger partial charge in [-0.1, -0.05) is 6.92 Å². The van der Waals surface area contributed by atoms with E-state index in [0.29, 0.717) is 6.04 Å². The standard InChI is InChI=1S/C15H25BrN2S/c1-4-15(2,18-7-5-6-8-18)14(17-3)10-13-9-12(16)11-19-13/h9,11,14,17H,4-8,10H2,1-3H3. The summed E-state index contributed by atoms with van der Waals surface area (Å²) in [6.07, 6.45) is 5.03. The normalized spacial score (nSPS) is 21.5. The number of nitrogens with zero attached hydrogens (tertiary/aromatic N) is 1. The summed E-state index contributed by atoms with van der Waals surface area (Å²) in [5.74, 6) is 0. The lowest BCUT2D eigenvalue weighted by Crippen LogP contribution is -2.58. The van der Waals surface area contributed by atoms with E-state index < -0.39 is 0 Å². The predicted molar refractivity (Wildman–Crippen MR) is 88.1 cm³/mol. The van der Waals surface area contributed by atoms with Gasteiger partial charge in [-0.25, -0.2) is 0 Å². The number of likely N-dealkylation sites (N-methyl/N-ethyl adjacent to an activating group) is 1. The molecule has 1 aliphatic heterocycles. The Morgan fingerprint density at radius 3 is 2.63 bits per heavy atom. The molecule has 0 aromatic carbocycles. The van der Waals surface area contributed by atoms with E-state index in [4.69, 9.17) is 0 Å². The van der Waals surface area contributed by atoms with Gasteiger partial charge in [0.1, 0.15) is 0 Å². The molecule has 19 heavy (non-hydrogen) atoms. The van der Waals surface area contributed by atoms with Crippen LogP contribution in [0.15, 0.2) is 15.9 Å². The van der Waals surface area contributed by atoms with Crippen LogP contribution in [0, 0.1) is 0 Å². The van der Waals surface area contributed by atoms with Crippen LogP contribution in [0.2, 0.25) is 0 Å². The summed E-state index contributed by atoms with van der Waals surface area (Å²) < 4.78 is 1.21. The monoisotopic (exact) mass is 344 g/mol. The maximum atomic E-state index is 3.58. The third kappa shape index (κ3) is 3.41. The molecule has 0 radical (unpaired) electrons. The van der Waals surface area contributed by atoms with Crippen molar-refractivity contribution in [2.45, 2.75) is 51.1 Å². The largest absolute Gasteiger partial charge is 0.315 e. The second kappa shape index (κ2) is 6.70. The van der Waals surface area contributed by atoms with E-state index in [2.05, 4.69) is 58.5 Å². The lowest BCUT2D eigenvalue weighted by atomic mass is 9.85. The van der Waals surface area contributed by atoms with Crippen molar-refractivity contribution in [1.29, 1.82) is 0 Å². The Morgan fingerprint density at radius 1 is 1.47 bits per heavy atom. The van der Waals surface area contributed by atoms with Crippen molar-refractivity contribution in [3.63, 3.8) is 0 Å². The Labute approximate surface area is 129 Å². The van der Waals surface area contributed by atoms with Gasteiger partial charge in [0, 0.05) is 26.3 Å².